The summed E-state index contributed by atoms with van der Waals surface area (Å²) < 4.78 is 5.25. The zero-order valence-electron chi connectivity index (χ0n) is 9.79. The molecule has 1 nitrogen and oxygen atoms in total. The second kappa shape index (κ2) is 7.19. The SMILES string of the molecule is C/C=C\C=C/c1coc(C)c1C.CC. The maximum Gasteiger partial charge on any atom is 0.104 e. The van der Waals surface area contributed by atoms with Crippen LogP contribution in [0.5, 0.6) is 0 Å². The van der Waals surface area contributed by atoms with Crippen molar-refractivity contribution in [2.45, 2.75) is 34.6 Å². The Bertz CT molecular complexity index is 303. The Kier molecular flexibility index (Phi) is 6.55. The minimum atomic E-state index is 0.995. The van der Waals surface area contributed by atoms with Gasteiger partial charge in [0.1, 0.15) is 5.76 Å². The number of hydrogen-bond donors (Lipinski definition) is 0. The topological polar surface area (TPSA) is 13.1 Å². The zero-order valence-corrected chi connectivity index (χ0v) is 9.79. The lowest BCUT2D eigenvalue weighted by atomic mass is 10.1. The summed E-state index contributed by atoms with van der Waals surface area (Å²) in [5, 5.41) is 0. The van der Waals surface area contributed by atoms with E-state index in [0.29, 0.717) is 0 Å². The monoisotopic (exact) mass is 192 g/mol. The van der Waals surface area contributed by atoms with Gasteiger partial charge in [-0.25, -0.2) is 0 Å². The summed E-state index contributed by atoms with van der Waals surface area (Å²) in [6, 6.07) is 0. The highest BCUT2D eigenvalue weighted by Crippen LogP contribution is 2.16. The van der Waals surface area contributed by atoms with E-state index >= 15 is 0 Å². The molecule has 0 unspecified atom stereocenters. The lowest BCUT2D eigenvalue weighted by Gasteiger charge is -1.87. The molecule has 0 spiro atoms. The Morgan fingerprint density at radius 2 is 1.79 bits per heavy atom. The maximum absolute atomic E-state index is 5.25. The van der Waals surface area contributed by atoms with Gasteiger partial charge in [-0.05, 0) is 26.3 Å². The fraction of sp³-hybridized carbons (Fsp3) is 0.385. The Labute approximate surface area is 87.1 Å². The van der Waals surface area contributed by atoms with E-state index in [2.05, 4.69) is 6.92 Å². The standard InChI is InChI=1S/C11H14O.C2H6/c1-4-5-6-7-11-8-12-10(3)9(11)2;1-2/h4-8H,1-3H3;1-2H3/b5-4-,7-6-;. The van der Waals surface area contributed by atoms with E-state index in [1.54, 1.807) is 6.26 Å². The first-order chi connectivity index (χ1) is 6.75. The number of rotatable bonds is 2. The molecule has 1 aromatic rings. The van der Waals surface area contributed by atoms with Gasteiger partial charge in [-0.2, -0.15) is 0 Å². The quantitative estimate of drug-likeness (QED) is 0.628. The van der Waals surface area contributed by atoms with E-state index in [0.717, 1.165) is 11.3 Å². The van der Waals surface area contributed by atoms with E-state index in [9.17, 15) is 0 Å². The third-order valence-electron chi connectivity index (χ3n) is 1.90. The van der Waals surface area contributed by atoms with Crippen LogP contribution in [0.4, 0.5) is 0 Å². The number of allylic oxidation sites excluding steroid dienone is 3. The van der Waals surface area contributed by atoms with Crippen molar-refractivity contribution in [2.75, 3.05) is 0 Å². The van der Waals surface area contributed by atoms with Crippen molar-refractivity contribution in [1.82, 2.24) is 0 Å². The number of hydrogen-bond acceptors (Lipinski definition) is 1. The molecule has 14 heavy (non-hydrogen) atoms. The summed E-state index contributed by atoms with van der Waals surface area (Å²) in [5.41, 5.74) is 2.38. The third-order valence-corrected chi connectivity index (χ3v) is 1.90. The molecule has 78 valence electrons. The second-order valence-electron chi connectivity index (χ2n) is 2.76. The lowest BCUT2D eigenvalue weighted by Crippen LogP contribution is -1.72. The summed E-state index contributed by atoms with van der Waals surface area (Å²) in [6.07, 6.45) is 9.84. The minimum Gasteiger partial charge on any atom is -0.469 e. The summed E-state index contributed by atoms with van der Waals surface area (Å²) in [5.74, 6) is 0.995. The molecule has 0 fully saturated rings. The summed E-state index contributed by atoms with van der Waals surface area (Å²) in [7, 11) is 0. The fourth-order valence-corrected chi connectivity index (χ4v) is 0.967. The van der Waals surface area contributed by atoms with Crippen LogP contribution in [-0.4, -0.2) is 0 Å². The smallest absolute Gasteiger partial charge is 0.104 e. The Balaban J connectivity index is 0.000000791. The number of furan rings is 1. The second-order valence-corrected chi connectivity index (χ2v) is 2.76. The van der Waals surface area contributed by atoms with Crippen LogP contribution in [0.2, 0.25) is 0 Å². The van der Waals surface area contributed by atoms with E-state index in [-0.39, 0.29) is 0 Å². The zero-order chi connectivity index (χ0) is 11.0. The highest BCUT2D eigenvalue weighted by molar-refractivity contribution is 5.54. The normalized spacial score (nSPS) is 10.6. The van der Waals surface area contributed by atoms with Crippen LogP contribution in [-0.2, 0) is 0 Å². The molecule has 0 aliphatic heterocycles. The highest BCUT2D eigenvalue weighted by atomic mass is 16.3. The van der Waals surface area contributed by atoms with Crippen LogP contribution in [0.1, 0.15) is 37.7 Å². The van der Waals surface area contributed by atoms with E-state index in [1.807, 2.05) is 52.0 Å². The molecule has 1 heterocycles. The van der Waals surface area contributed by atoms with Gasteiger partial charge < -0.3 is 4.42 Å². The summed E-state index contributed by atoms with van der Waals surface area (Å²) in [4.78, 5) is 0. The molecular formula is C13H20O. The predicted octanol–water partition coefficient (Wildman–Crippen LogP) is 4.51. The van der Waals surface area contributed by atoms with Crippen molar-refractivity contribution < 1.29 is 4.42 Å². The molecule has 0 saturated carbocycles. The predicted molar refractivity (Wildman–Crippen MR) is 63.4 cm³/mol. The molecular weight excluding hydrogens is 172 g/mol. The van der Waals surface area contributed by atoms with Gasteiger partial charge in [0.15, 0.2) is 0 Å². The first kappa shape index (κ1) is 12.8. The van der Waals surface area contributed by atoms with Gasteiger partial charge in [0.05, 0.1) is 6.26 Å². The van der Waals surface area contributed by atoms with Crippen molar-refractivity contribution in [3.8, 4) is 0 Å². The van der Waals surface area contributed by atoms with E-state index in [1.165, 1.54) is 5.56 Å². The van der Waals surface area contributed by atoms with Gasteiger partial charge >= 0.3 is 0 Å². The van der Waals surface area contributed by atoms with Gasteiger partial charge in [-0.3, -0.25) is 0 Å². The van der Waals surface area contributed by atoms with Crippen LogP contribution in [0, 0.1) is 13.8 Å². The lowest BCUT2D eigenvalue weighted by molar-refractivity contribution is 0.531. The molecule has 0 radical (unpaired) electrons. The van der Waals surface area contributed by atoms with Crippen molar-refractivity contribution in [3.63, 3.8) is 0 Å². The first-order valence-corrected chi connectivity index (χ1v) is 5.09. The summed E-state index contributed by atoms with van der Waals surface area (Å²) >= 11 is 0. The molecule has 0 aromatic carbocycles. The van der Waals surface area contributed by atoms with Crippen molar-refractivity contribution >= 4 is 6.08 Å². The minimum absolute atomic E-state index is 0.995. The molecule has 0 bridgehead atoms. The molecule has 0 amide bonds. The Hall–Kier alpha value is -1.24. The van der Waals surface area contributed by atoms with Gasteiger partial charge in [0, 0.05) is 5.56 Å². The molecule has 0 aliphatic rings. The van der Waals surface area contributed by atoms with Gasteiger partial charge in [0.25, 0.3) is 0 Å². The van der Waals surface area contributed by atoms with Crippen LogP contribution >= 0.6 is 0 Å². The van der Waals surface area contributed by atoms with Crippen molar-refractivity contribution in [2.24, 2.45) is 0 Å². The average molecular weight is 192 g/mol. The molecule has 1 aromatic heterocycles. The van der Waals surface area contributed by atoms with E-state index in [4.69, 9.17) is 4.42 Å². The average Bonchev–Trinajstić information content (AvgIpc) is 2.53. The highest BCUT2D eigenvalue weighted by Gasteiger charge is 2.00. The molecule has 1 heteroatoms. The number of aryl methyl sites for hydroxylation is 1. The molecule has 0 aliphatic carbocycles. The van der Waals surface area contributed by atoms with Crippen LogP contribution in [0.25, 0.3) is 6.08 Å². The van der Waals surface area contributed by atoms with Crippen LogP contribution in [0.15, 0.2) is 28.9 Å². The molecule has 0 atom stereocenters. The van der Waals surface area contributed by atoms with Gasteiger partial charge in [-0.15, -0.1) is 0 Å². The van der Waals surface area contributed by atoms with Gasteiger partial charge in [0.2, 0.25) is 0 Å². The molecule has 0 N–H and O–H groups in total. The maximum atomic E-state index is 5.25. The van der Waals surface area contributed by atoms with Crippen molar-refractivity contribution in [1.29, 1.82) is 0 Å². The van der Waals surface area contributed by atoms with E-state index < -0.39 is 0 Å². The molecule has 0 saturated heterocycles. The Morgan fingerprint density at radius 1 is 1.14 bits per heavy atom. The van der Waals surface area contributed by atoms with Crippen molar-refractivity contribution in [3.05, 3.63) is 41.4 Å². The first-order valence-electron chi connectivity index (χ1n) is 5.09. The Morgan fingerprint density at radius 3 is 2.21 bits per heavy atom. The fourth-order valence-electron chi connectivity index (χ4n) is 0.967. The summed E-state index contributed by atoms with van der Waals surface area (Å²) in [6.45, 7) is 10.0. The largest absolute Gasteiger partial charge is 0.469 e. The van der Waals surface area contributed by atoms with Gasteiger partial charge in [-0.1, -0.05) is 38.2 Å². The third kappa shape index (κ3) is 3.65. The van der Waals surface area contributed by atoms with Crippen LogP contribution in [0.3, 0.4) is 0 Å². The molecule has 1 rings (SSSR count). The van der Waals surface area contributed by atoms with Crippen LogP contribution < -0.4 is 0 Å².